The maximum atomic E-state index is 14.2. The lowest BCUT2D eigenvalue weighted by atomic mass is 10.0. The number of anilines is 2. The highest BCUT2D eigenvalue weighted by atomic mass is 19.1. The third-order valence-corrected chi connectivity index (χ3v) is 4.46. The Balaban J connectivity index is 1.82. The van der Waals surface area contributed by atoms with Crippen molar-refractivity contribution in [2.75, 3.05) is 17.2 Å². The summed E-state index contributed by atoms with van der Waals surface area (Å²) in [5, 5.41) is 14.8. The van der Waals surface area contributed by atoms with E-state index in [0.717, 1.165) is 18.2 Å². The normalized spacial score (nSPS) is 20.6. The van der Waals surface area contributed by atoms with E-state index in [9.17, 15) is 13.9 Å². The zero-order valence-electron chi connectivity index (χ0n) is 13.4. The lowest BCUT2D eigenvalue weighted by molar-refractivity contribution is 0.194. The second kappa shape index (κ2) is 5.62. The van der Waals surface area contributed by atoms with Gasteiger partial charge >= 0.3 is 0 Å². The molecule has 0 bridgehead atoms. The standard InChI is InChI=1S/C16H16F2N6O/c1-23-15-11(6-20-23)14(19)21-16(22-15)24-7-9(25)5-13(24)10-4-8(17)2-3-12(10)18/h2-4,6,9,13,25H,5,7H2,1H3,(H2,19,21,22)/t9-,13+/m0/s1. The number of benzene rings is 1. The lowest BCUT2D eigenvalue weighted by Crippen LogP contribution is -2.27. The molecule has 0 spiro atoms. The zero-order valence-corrected chi connectivity index (χ0v) is 13.4. The number of rotatable bonds is 2. The van der Waals surface area contributed by atoms with Crippen LogP contribution in [0.5, 0.6) is 0 Å². The minimum atomic E-state index is -0.709. The number of hydrogen-bond acceptors (Lipinski definition) is 6. The van der Waals surface area contributed by atoms with Crippen molar-refractivity contribution >= 4 is 22.8 Å². The van der Waals surface area contributed by atoms with Crippen molar-refractivity contribution in [2.24, 2.45) is 7.05 Å². The number of nitrogens with zero attached hydrogens (tertiary/aromatic N) is 5. The van der Waals surface area contributed by atoms with Crippen molar-refractivity contribution < 1.29 is 13.9 Å². The predicted octanol–water partition coefficient (Wildman–Crippen LogP) is 1.54. The second-order valence-corrected chi connectivity index (χ2v) is 6.14. The van der Waals surface area contributed by atoms with Crippen molar-refractivity contribution in [3.05, 3.63) is 41.6 Å². The number of nitrogens with two attached hydrogens (primary N) is 1. The van der Waals surface area contributed by atoms with Crippen LogP contribution >= 0.6 is 0 Å². The van der Waals surface area contributed by atoms with Gasteiger partial charge in [0.15, 0.2) is 5.65 Å². The largest absolute Gasteiger partial charge is 0.391 e. The Labute approximate surface area is 141 Å². The molecule has 7 nitrogen and oxygen atoms in total. The highest BCUT2D eigenvalue weighted by Gasteiger charge is 2.36. The highest BCUT2D eigenvalue weighted by Crippen LogP contribution is 2.37. The minimum Gasteiger partial charge on any atom is -0.391 e. The first-order valence-electron chi connectivity index (χ1n) is 7.79. The van der Waals surface area contributed by atoms with Crippen molar-refractivity contribution in [1.29, 1.82) is 0 Å². The molecule has 25 heavy (non-hydrogen) atoms. The van der Waals surface area contributed by atoms with Crippen molar-refractivity contribution in [1.82, 2.24) is 19.7 Å². The molecule has 1 aromatic carbocycles. The van der Waals surface area contributed by atoms with Gasteiger partial charge in [0.2, 0.25) is 5.95 Å². The lowest BCUT2D eigenvalue weighted by Gasteiger charge is -2.25. The third kappa shape index (κ3) is 2.56. The third-order valence-electron chi connectivity index (χ3n) is 4.46. The van der Waals surface area contributed by atoms with Crippen LogP contribution < -0.4 is 10.6 Å². The molecule has 3 heterocycles. The quantitative estimate of drug-likeness (QED) is 0.731. The van der Waals surface area contributed by atoms with E-state index in [-0.39, 0.29) is 30.3 Å². The molecule has 3 N–H and O–H groups in total. The molecule has 3 aromatic rings. The molecule has 9 heteroatoms. The van der Waals surface area contributed by atoms with Gasteiger partial charge in [0.05, 0.1) is 23.7 Å². The first-order chi connectivity index (χ1) is 11.9. The molecule has 2 atom stereocenters. The van der Waals surface area contributed by atoms with Crippen LogP contribution in [0.25, 0.3) is 11.0 Å². The van der Waals surface area contributed by atoms with Gasteiger partial charge in [0, 0.05) is 19.2 Å². The number of nitrogen functional groups attached to an aromatic ring is 1. The molecule has 0 amide bonds. The Hall–Kier alpha value is -2.81. The molecule has 2 aromatic heterocycles. The second-order valence-electron chi connectivity index (χ2n) is 6.14. The number of fused-ring (bicyclic) bond motifs is 1. The fourth-order valence-electron chi connectivity index (χ4n) is 3.26. The van der Waals surface area contributed by atoms with E-state index in [1.54, 1.807) is 22.8 Å². The Morgan fingerprint density at radius 2 is 2.08 bits per heavy atom. The molecule has 1 aliphatic rings. The summed E-state index contributed by atoms with van der Waals surface area (Å²) in [7, 11) is 1.72. The maximum Gasteiger partial charge on any atom is 0.229 e. The molecule has 0 aliphatic carbocycles. The van der Waals surface area contributed by atoms with Gasteiger partial charge in [-0.25, -0.2) is 8.78 Å². The van der Waals surface area contributed by atoms with E-state index in [1.165, 1.54) is 0 Å². The Bertz CT molecular complexity index is 959. The van der Waals surface area contributed by atoms with Gasteiger partial charge in [-0.15, -0.1) is 0 Å². The number of aryl methyl sites for hydroxylation is 1. The topological polar surface area (TPSA) is 93.1 Å². The summed E-state index contributed by atoms with van der Waals surface area (Å²) in [6.45, 7) is 0.198. The van der Waals surface area contributed by atoms with Crippen molar-refractivity contribution in [3.63, 3.8) is 0 Å². The summed E-state index contributed by atoms with van der Waals surface area (Å²) in [5.74, 6) is -0.591. The molecule has 1 fully saturated rings. The van der Waals surface area contributed by atoms with Crippen LogP contribution in [0.2, 0.25) is 0 Å². The summed E-state index contributed by atoms with van der Waals surface area (Å²) in [6.07, 6.45) is 1.10. The molecular weight excluding hydrogens is 330 g/mol. The summed E-state index contributed by atoms with van der Waals surface area (Å²) < 4.78 is 29.4. The first-order valence-corrected chi connectivity index (χ1v) is 7.79. The van der Waals surface area contributed by atoms with E-state index in [4.69, 9.17) is 5.73 Å². The summed E-state index contributed by atoms with van der Waals surface area (Å²) >= 11 is 0. The summed E-state index contributed by atoms with van der Waals surface area (Å²) in [5.41, 5.74) is 6.67. The molecule has 4 rings (SSSR count). The summed E-state index contributed by atoms with van der Waals surface area (Å²) in [4.78, 5) is 10.4. The van der Waals surface area contributed by atoms with Crippen LogP contribution in [0.1, 0.15) is 18.0 Å². The molecule has 0 unspecified atom stereocenters. The van der Waals surface area contributed by atoms with Gasteiger partial charge < -0.3 is 15.7 Å². The predicted molar refractivity (Wildman–Crippen MR) is 87.8 cm³/mol. The highest BCUT2D eigenvalue weighted by molar-refractivity contribution is 5.86. The molecule has 0 radical (unpaired) electrons. The number of β-amino-alcohol motifs (C(OH)–C–C–N with tert-alkyl or cyclic N) is 1. The molecular formula is C16H16F2N6O. The monoisotopic (exact) mass is 346 g/mol. The number of aliphatic hydroxyl groups excluding tert-OH is 1. The Morgan fingerprint density at radius 3 is 2.88 bits per heavy atom. The average Bonchev–Trinajstić information content (AvgIpc) is 3.13. The van der Waals surface area contributed by atoms with Crippen LogP contribution in [-0.4, -0.2) is 37.5 Å². The van der Waals surface area contributed by atoms with Crippen LogP contribution in [0.15, 0.2) is 24.4 Å². The molecule has 130 valence electrons. The van der Waals surface area contributed by atoms with Crippen molar-refractivity contribution in [3.8, 4) is 0 Å². The van der Waals surface area contributed by atoms with Gasteiger partial charge in [-0.3, -0.25) is 4.68 Å². The number of hydrogen-bond donors (Lipinski definition) is 2. The maximum absolute atomic E-state index is 14.2. The van der Waals surface area contributed by atoms with Gasteiger partial charge in [-0.05, 0) is 24.6 Å². The Morgan fingerprint density at radius 1 is 1.28 bits per heavy atom. The fraction of sp³-hybridized carbons (Fsp3) is 0.312. The number of halogens is 2. The van der Waals surface area contributed by atoms with E-state index in [0.29, 0.717) is 11.0 Å². The van der Waals surface area contributed by atoms with Gasteiger partial charge in [0.25, 0.3) is 0 Å². The van der Waals surface area contributed by atoms with E-state index in [2.05, 4.69) is 15.1 Å². The first kappa shape index (κ1) is 15.7. The van der Waals surface area contributed by atoms with Crippen LogP contribution in [0.4, 0.5) is 20.5 Å². The minimum absolute atomic E-state index is 0.156. The molecule has 1 saturated heterocycles. The average molecular weight is 346 g/mol. The van der Waals surface area contributed by atoms with Gasteiger partial charge in [-0.1, -0.05) is 0 Å². The SMILES string of the molecule is Cn1ncc2c(N)nc(N3C[C@@H](O)C[C@@H]3c3cc(F)ccc3F)nc21. The van der Waals surface area contributed by atoms with Gasteiger partial charge in [0.1, 0.15) is 17.5 Å². The smallest absolute Gasteiger partial charge is 0.229 e. The molecule has 0 saturated carbocycles. The van der Waals surface area contributed by atoms with Gasteiger partial charge in [-0.2, -0.15) is 15.1 Å². The number of aromatic nitrogens is 4. The van der Waals surface area contributed by atoms with Crippen LogP contribution in [-0.2, 0) is 7.05 Å². The van der Waals surface area contributed by atoms with E-state index in [1.807, 2.05) is 0 Å². The Kier molecular flexibility index (Phi) is 3.53. The van der Waals surface area contributed by atoms with E-state index < -0.39 is 23.8 Å². The van der Waals surface area contributed by atoms with Crippen LogP contribution in [0.3, 0.4) is 0 Å². The number of aliphatic hydroxyl groups is 1. The molecule has 1 aliphatic heterocycles. The zero-order chi connectivity index (χ0) is 17.7. The fourth-order valence-corrected chi connectivity index (χ4v) is 3.26. The van der Waals surface area contributed by atoms with Crippen LogP contribution in [0, 0.1) is 11.6 Å². The van der Waals surface area contributed by atoms with Crippen molar-refractivity contribution in [2.45, 2.75) is 18.6 Å². The van der Waals surface area contributed by atoms with E-state index >= 15 is 0 Å². The summed E-state index contributed by atoms with van der Waals surface area (Å²) in [6, 6.07) is 2.69.